The lowest BCUT2D eigenvalue weighted by Gasteiger charge is -2.33. The van der Waals surface area contributed by atoms with Crippen molar-refractivity contribution in [2.75, 3.05) is 13.7 Å². The molecule has 1 saturated carbocycles. The van der Waals surface area contributed by atoms with Crippen molar-refractivity contribution in [2.24, 2.45) is 5.92 Å². The summed E-state index contributed by atoms with van der Waals surface area (Å²) in [4.78, 5) is 25.9. The van der Waals surface area contributed by atoms with E-state index in [0.29, 0.717) is 31.3 Å². The van der Waals surface area contributed by atoms with E-state index in [0.717, 1.165) is 12.8 Å². The molecule has 0 atom stereocenters. The molecule has 0 heterocycles. The minimum absolute atomic E-state index is 0.194. The van der Waals surface area contributed by atoms with Gasteiger partial charge in [0.1, 0.15) is 0 Å². The first-order chi connectivity index (χ1) is 10.0. The molecule has 0 spiro atoms. The van der Waals surface area contributed by atoms with E-state index in [-0.39, 0.29) is 11.9 Å². The lowest BCUT2D eigenvalue weighted by Crippen LogP contribution is -2.42. The zero-order valence-corrected chi connectivity index (χ0v) is 13.9. The predicted octanol–water partition coefficient (Wildman–Crippen LogP) is 3.54. The number of rotatable bonds is 6. The largest absolute Gasteiger partial charge is 0.469 e. The van der Waals surface area contributed by atoms with Crippen molar-refractivity contribution in [1.82, 2.24) is 4.90 Å². The van der Waals surface area contributed by atoms with E-state index < -0.39 is 0 Å². The summed E-state index contributed by atoms with van der Waals surface area (Å²) in [5.41, 5.74) is 0. The molecule has 21 heavy (non-hydrogen) atoms. The lowest BCUT2D eigenvalue weighted by molar-refractivity contribution is -0.142. The Bertz CT molecular complexity index is 320. The maximum absolute atomic E-state index is 12.5. The molecule has 0 unspecified atom stereocenters. The summed E-state index contributed by atoms with van der Waals surface area (Å²) in [6.45, 7) is 4.63. The Morgan fingerprint density at radius 2 is 1.67 bits per heavy atom. The highest BCUT2D eigenvalue weighted by Gasteiger charge is 2.25. The van der Waals surface area contributed by atoms with Gasteiger partial charge in [-0.2, -0.15) is 0 Å². The van der Waals surface area contributed by atoms with E-state index in [1.807, 2.05) is 4.90 Å². The summed E-state index contributed by atoms with van der Waals surface area (Å²) in [6, 6.07) is 0.307. The third-order valence-corrected chi connectivity index (χ3v) is 4.20. The van der Waals surface area contributed by atoms with Crippen LogP contribution in [0.1, 0.15) is 71.6 Å². The fourth-order valence-corrected chi connectivity index (χ4v) is 3.04. The molecule has 1 aliphatic carbocycles. The number of esters is 1. The van der Waals surface area contributed by atoms with Gasteiger partial charge in [0.05, 0.1) is 13.5 Å². The second-order valence-corrected chi connectivity index (χ2v) is 6.51. The van der Waals surface area contributed by atoms with Crippen LogP contribution >= 0.6 is 0 Å². The molecule has 1 fully saturated rings. The molecule has 0 aromatic heterocycles. The van der Waals surface area contributed by atoms with Gasteiger partial charge in [-0.05, 0) is 18.8 Å². The first-order valence-corrected chi connectivity index (χ1v) is 8.41. The summed E-state index contributed by atoms with van der Waals surface area (Å²) in [6.07, 6.45) is 9.24. The van der Waals surface area contributed by atoms with Crippen molar-refractivity contribution in [3.63, 3.8) is 0 Å². The van der Waals surface area contributed by atoms with Crippen molar-refractivity contribution in [3.8, 4) is 0 Å². The van der Waals surface area contributed by atoms with Crippen LogP contribution in [0.25, 0.3) is 0 Å². The first kappa shape index (κ1) is 18.0. The number of amides is 1. The second kappa shape index (κ2) is 9.80. The maximum Gasteiger partial charge on any atom is 0.307 e. The molecule has 0 aliphatic heterocycles. The summed E-state index contributed by atoms with van der Waals surface area (Å²) in [5.74, 6) is 0.314. The standard InChI is InChI=1S/C17H31NO3/c1-14(2)13-16(19)18(12-11-17(20)21-3)15-9-7-5-4-6-8-10-15/h14-15H,4-13H2,1-3H3. The molecule has 1 rings (SSSR count). The highest BCUT2D eigenvalue weighted by atomic mass is 16.5. The molecule has 4 heteroatoms. The van der Waals surface area contributed by atoms with Gasteiger partial charge >= 0.3 is 5.97 Å². The normalized spacial score (nSPS) is 17.1. The van der Waals surface area contributed by atoms with Crippen LogP contribution in [0.15, 0.2) is 0 Å². The summed E-state index contributed by atoms with van der Waals surface area (Å²) < 4.78 is 4.72. The molecule has 0 radical (unpaired) electrons. The van der Waals surface area contributed by atoms with Crippen LogP contribution in [0.4, 0.5) is 0 Å². The molecule has 0 bridgehead atoms. The summed E-state index contributed by atoms with van der Waals surface area (Å²) >= 11 is 0. The van der Waals surface area contributed by atoms with Crippen molar-refractivity contribution in [2.45, 2.75) is 77.7 Å². The molecule has 4 nitrogen and oxygen atoms in total. The average Bonchev–Trinajstić information content (AvgIpc) is 2.39. The first-order valence-electron chi connectivity index (χ1n) is 8.41. The van der Waals surface area contributed by atoms with Crippen LogP contribution in [0.3, 0.4) is 0 Å². The Kier molecular flexibility index (Phi) is 8.40. The van der Waals surface area contributed by atoms with E-state index in [2.05, 4.69) is 13.8 Å². The molecule has 1 amide bonds. The Hall–Kier alpha value is -1.06. The van der Waals surface area contributed by atoms with Crippen LogP contribution in [-0.4, -0.2) is 36.5 Å². The van der Waals surface area contributed by atoms with Gasteiger partial charge in [0.25, 0.3) is 0 Å². The number of carbonyl (C=O) groups excluding carboxylic acids is 2. The van der Waals surface area contributed by atoms with Crippen LogP contribution in [0, 0.1) is 5.92 Å². The molecule has 0 saturated heterocycles. The zero-order valence-electron chi connectivity index (χ0n) is 13.9. The summed E-state index contributed by atoms with van der Waals surface area (Å²) in [5, 5.41) is 0. The number of hydrogen-bond donors (Lipinski definition) is 0. The van der Waals surface area contributed by atoms with E-state index in [1.54, 1.807) is 0 Å². The third-order valence-electron chi connectivity index (χ3n) is 4.20. The van der Waals surface area contributed by atoms with Gasteiger partial charge in [-0.3, -0.25) is 9.59 Å². The lowest BCUT2D eigenvalue weighted by atomic mass is 9.94. The molecular weight excluding hydrogens is 266 g/mol. The number of methoxy groups -OCH3 is 1. The quantitative estimate of drug-likeness (QED) is 0.705. The Morgan fingerprint density at radius 1 is 1.10 bits per heavy atom. The van der Waals surface area contributed by atoms with Crippen LogP contribution < -0.4 is 0 Å². The van der Waals surface area contributed by atoms with E-state index in [1.165, 1.54) is 39.2 Å². The van der Waals surface area contributed by atoms with Crippen molar-refractivity contribution >= 4 is 11.9 Å². The highest BCUT2D eigenvalue weighted by molar-refractivity contribution is 5.77. The Morgan fingerprint density at radius 3 is 2.19 bits per heavy atom. The van der Waals surface area contributed by atoms with Gasteiger partial charge < -0.3 is 9.64 Å². The zero-order chi connectivity index (χ0) is 15.7. The van der Waals surface area contributed by atoms with Gasteiger partial charge in [-0.15, -0.1) is 0 Å². The second-order valence-electron chi connectivity index (χ2n) is 6.51. The van der Waals surface area contributed by atoms with E-state index in [4.69, 9.17) is 4.74 Å². The van der Waals surface area contributed by atoms with Crippen LogP contribution in [0.2, 0.25) is 0 Å². The van der Waals surface area contributed by atoms with Gasteiger partial charge in [0, 0.05) is 19.0 Å². The number of ether oxygens (including phenoxy) is 1. The highest BCUT2D eigenvalue weighted by Crippen LogP contribution is 2.23. The third kappa shape index (κ3) is 6.96. The smallest absolute Gasteiger partial charge is 0.307 e. The molecule has 0 aromatic rings. The molecule has 1 aliphatic rings. The fraction of sp³-hybridized carbons (Fsp3) is 0.882. The molecule has 122 valence electrons. The summed E-state index contributed by atoms with van der Waals surface area (Å²) in [7, 11) is 1.40. The number of nitrogens with zero attached hydrogens (tertiary/aromatic N) is 1. The van der Waals surface area contributed by atoms with Gasteiger partial charge in [0.2, 0.25) is 5.91 Å². The van der Waals surface area contributed by atoms with Gasteiger partial charge in [0.15, 0.2) is 0 Å². The Balaban J connectivity index is 2.67. The van der Waals surface area contributed by atoms with E-state index >= 15 is 0 Å². The fourth-order valence-electron chi connectivity index (χ4n) is 3.04. The van der Waals surface area contributed by atoms with Crippen LogP contribution in [-0.2, 0) is 14.3 Å². The average molecular weight is 297 g/mol. The molecular formula is C17H31NO3. The minimum atomic E-state index is -0.233. The number of carbonyl (C=O) groups is 2. The maximum atomic E-state index is 12.5. The topological polar surface area (TPSA) is 46.6 Å². The van der Waals surface area contributed by atoms with Crippen molar-refractivity contribution in [3.05, 3.63) is 0 Å². The predicted molar refractivity (Wildman–Crippen MR) is 83.9 cm³/mol. The number of hydrogen-bond acceptors (Lipinski definition) is 3. The van der Waals surface area contributed by atoms with Crippen molar-refractivity contribution < 1.29 is 14.3 Å². The SMILES string of the molecule is COC(=O)CCN(C(=O)CC(C)C)C1CCCCCCC1. The van der Waals surface area contributed by atoms with E-state index in [9.17, 15) is 9.59 Å². The Labute approximate surface area is 129 Å². The molecule has 0 aromatic carbocycles. The monoisotopic (exact) mass is 297 g/mol. The van der Waals surface area contributed by atoms with Gasteiger partial charge in [-0.25, -0.2) is 0 Å². The van der Waals surface area contributed by atoms with Gasteiger partial charge in [-0.1, -0.05) is 46.0 Å². The van der Waals surface area contributed by atoms with Crippen LogP contribution in [0.5, 0.6) is 0 Å². The minimum Gasteiger partial charge on any atom is -0.469 e. The van der Waals surface area contributed by atoms with Crippen molar-refractivity contribution in [1.29, 1.82) is 0 Å². The molecule has 0 N–H and O–H groups in total.